The van der Waals surface area contributed by atoms with Crippen LogP contribution in [0.25, 0.3) is 5.69 Å². The number of methoxy groups -OCH3 is 2. The van der Waals surface area contributed by atoms with Crippen molar-refractivity contribution in [2.24, 2.45) is 0 Å². The second kappa shape index (κ2) is 4.22. The van der Waals surface area contributed by atoms with E-state index in [1.54, 1.807) is 25.2 Å². The van der Waals surface area contributed by atoms with Gasteiger partial charge in [0, 0.05) is 6.07 Å². The topological polar surface area (TPSA) is 49.2 Å². The van der Waals surface area contributed by atoms with E-state index in [-0.39, 0.29) is 0 Å². The highest BCUT2D eigenvalue weighted by Crippen LogP contribution is 2.26. The Morgan fingerprint density at radius 3 is 2.56 bits per heavy atom. The van der Waals surface area contributed by atoms with Crippen molar-refractivity contribution >= 4 is 0 Å². The maximum atomic E-state index is 5.26. The number of rotatable bonds is 3. The molecule has 2 rings (SSSR count). The summed E-state index contributed by atoms with van der Waals surface area (Å²) in [6.07, 6.45) is 1.65. The molecule has 0 radical (unpaired) electrons. The molecule has 16 heavy (non-hydrogen) atoms. The minimum atomic E-state index is 0.713. The maximum absolute atomic E-state index is 5.26. The first-order valence-corrected chi connectivity index (χ1v) is 4.85. The number of hydrogen-bond donors (Lipinski definition) is 0. The summed E-state index contributed by atoms with van der Waals surface area (Å²) in [5, 5.41) is 4.23. The molecule has 0 spiro atoms. The number of nitrogens with zero attached hydrogens (tertiary/aromatic N) is 3. The van der Waals surface area contributed by atoms with Crippen LogP contribution in [0.2, 0.25) is 0 Å². The second-order valence-electron chi connectivity index (χ2n) is 3.27. The number of aryl methyl sites for hydroxylation is 1. The summed E-state index contributed by atoms with van der Waals surface area (Å²) in [5.41, 5.74) is 0.808. The van der Waals surface area contributed by atoms with Crippen molar-refractivity contribution in [3.8, 4) is 17.2 Å². The van der Waals surface area contributed by atoms with Gasteiger partial charge in [0.1, 0.15) is 29.3 Å². The van der Waals surface area contributed by atoms with Crippen LogP contribution in [0.15, 0.2) is 24.5 Å². The van der Waals surface area contributed by atoms with Crippen molar-refractivity contribution in [3.05, 3.63) is 30.4 Å². The van der Waals surface area contributed by atoms with E-state index in [0.29, 0.717) is 5.82 Å². The fourth-order valence-electron chi connectivity index (χ4n) is 1.44. The van der Waals surface area contributed by atoms with E-state index >= 15 is 0 Å². The van der Waals surface area contributed by atoms with Crippen LogP contribution in [0.3, 0.4) is 0 Å². The zero-order chi connectivity index (χ0) is 11.5. The second-order valence-corrected chi connectivity index (χ2v) is 3.27. The van der Waals surface area contributed by atoms with Crippen molar-refractivity contribution in [1.82, 2.24) is 14.8 Å². The number of ether oxygens (including phenoxy) is 2. The van der Waals surface area contributed by atoms with Crippen molar-refractivity contribution in [1.29, 1.82) is 0 Å². The highest BCUT2D eigenvalue weighted by molar-refractivity contribution is 5.50. The fourth-order valence-corrected chi connectivity index (χ4v) is 1.44. The van der Waals surface area contributed by atoms with Gasteiger partial charge < -0.3 is 9.47 Å². The standard InChI is InChI=1S/C11H13N3O2/c1-8-12-7-14(13-8)10-6-9(15-2)4-5-11(10)16-3/h4-7H,1-3H3. The molecule has 1 aromatic carbocycles. The van der Waals surface area contributed by atoms with E-state index in [2.05, 4.69) is 10.1 Å². The Labute approximate surface area is 93.6 Å². The van der Waals surface area contributed by atoms with Gasteiger partial charge in [0.25, 0.3) is 0 Å². The van der Waals surface area contributed by atoms with Crippen LogP contribution < -0.4 is 9.47 Å². The largest absolute Gasteiger partial charge is 0.497 e. The van der Waals surface area contributed by atoms with Crippen LogP contribution in [-0.2, 0) is 0 Å². The van der Waals surface area contributed by atoms with Gasteiger partial charge in [0.2, 0.25) is 0 Å². The molecule has 0 aliphatic carbocycles. The molecule has 0 atom stereocenters. The van der Waals surface area contributed by atoms with Crippen LogP contribution in [0.1, 0.15) is 5.82 Å². The van der Waals surface area contributed by atoms with Crippen LogP contribution >= 0.6 is 0 Å². The molecule has 5 nitrogen and oxygen atoms in total. The van der Waals surface area contributed by atoms with Gasteiger partial charge in [-0.15, -0.1) is 0 Å². The van der Waals surface area contributed by atoms with E-state index in [1.165, 1.54) is 0 Å². The Bertz CT molecular complexity index is 494. The van der Waals surface area contributed by atoms with Gasteiger partial charge in [-0.05, 0) is 19.1 Å². The first-order valence-electron chi connectivity index (χ1n) is 4.85. The summed E-state index contributed by atoms with van der Waals surface area (Å²) in [6, 6.07) is 5.53. The summed E-state index contributed by atoms with van der Waals surface area (Å²) >= 11 is 0. The van der Waals surface area contributed by atoms with Crippen LogP contribution in [-0.4, -0.2) is 29.0 Å². The zero-order valence-corrected chi connectivity index (χ0v) is 9.47. The number of aromatic nitrogens is 3. The molecule has 0 aliphatic heterocycles. The van der Waals surface area contributed by atoms with E-state index < -0.39 is 0 Å². The summed E-state index contributed by atoms with van der Waals surface area (Å²) in [5.74, 6) is 2.19. The highest BCUT2D eigenvalue weighted by atomic mass is 16.5. The third kappa shape index (κ3) is 1.84. The predicted molar refractivity (Wildman–Crippen MR) is 59.2 cm³/mol. The molecule has 0 fully saturated rings. The van der Waals surface area contributed by atoms with Gasteiger partial charge in [0.15, 0.2) is 0 Å². The minimum Gasteiger partial charge on any atom is -0.497 e. The Morgan fingerprint density at radius 1 is 1.19 bits per heavy atom. The Hall–Kier alpha value is -2.04. The van der Waals surface area contributed by atoms with Crippen molar-refractivity contribution < 1.29 is 9.47 Å². The lowest BCUT2D eigenvalue weighted by Gasteiger charge is -2.09. The van der Waals surface area contributed by atoms with Gasteiger partial charge in [0.05, 0.1) is 14.2 Å². The van der Waals surface area contributed by atoms with Crippen LogP contribution in [0, 0.1) is 6.92 Å². The first kappa shape index (κ1) is 10.5. The maximum Gasteiger partial charge on any atom is 0.147 e. The number of hydrogen-bond acceptors (Lipinski definition) is 4. The lowest BCUT2D eigenvalue weighted by Crippen LogP contribution is -1.99. The highest BCUT2D eigenvalue weighted by Gasteiger charge is 2.08. The lowest BCUT2D eigenvalue weighted by atomic mass is 10.3. The monoisotopic (exact) mass is 219 g/mol. The minimum absolute atomic E-state index is 0.713. The van der Waals surface area contributed by atoms with E-state index in [1.807, 2.05) is 25.1 Å². The van der Waals surface area contributed by atoms with E-state index in [9.17, 15) is 0 Å². The number of benzene rings is 1. The smallest absolute Gasteiger partial charge is 0.147 e. The molecule has 0 saturated carbocycles. The van der Waals surface area contributed by atoms with Gasteiger partial charge in [-0.3, -0.25) is 0 Å². The van der Waals surface area contributed by atoms with Crippen LogP contribution in [0.4, 0.5) is 0 Å². The molecule has 0 amide bonds. The fraction of sp³-hybridized carbons (Fsp3) is 0.273. The van der Waals surface area contributed by atoms with Gasteiger partial charge >= 0.3 is 0 Å². The van der Waals surface area contributed by atoms with E-state index in [0.717, 1.165) is 17.2 Å². The normalized spacial score (nSPS) is 10.2. The zero-order valence-electron chi connectivity index (χ0n) is 9.47. The molecule has 0 saturated heterocycles. The summed E-state index contributed by atoms with van der Waals surface area (Å²) in [6.45, 7) is 1.84. The molecule has 0 unspecified atom stereocenters. The molecular formula is C11H13N3O2. The molecule has 1 aromatic heterocycles. The third-order valence-electron chi connectivity index (χ3n) is 2.24. The average Bonchev–Trinajstić information content (AvgIpc) is 2.75. The summed E-state index contributed by atoms with van der Waals surface area (Å²) in [4.78, 5) is 4.08. The van der Waals surface area contributed by atoms with Crippen molar-refractivity contribution in [3.63, 3.8) is 0 Å². The first-order chi connectivity index (χ1) is 7.74. The molecule has 1 heterocycles. The third-order valence-corrected chi connectivity index (χ3v) is 2.24. The molecule has 0 bridgehead atoms. The molecule has 0 aliphatic rings. The van der Waals surface area contributed by atoms with Crippen molar-refractivity contribution in [2.75, 3.05) is 14.2 Å². The predicted octanol–water partition coefficient (Wildman–Crippen LogP) is 1.59. The molecule has 84 valence electrons. The van der Waals surface area contributed by atoms with Gasteiger partial charge in [-0.25, -0.2) is 9.67 Å². The molecular weight excluding hydrogens is 206 g/mol. The Balaban J connectivity index is 2.52. The van der Waals surface area contributed by atoms with Crippen LogP contribution in [0.5, 0.6) is 11.5 Å². The van der Waals surface area contributed by atoms with E-state index in [4.69, 9.17) is 9.47 Å². The molecule has 5 heteroatoms. The van der Waals surface area contributed by atoms with Crippen molar-refractivity contribution in [2.45, 2.75) is 6.92 Å². The SMILES string of the molecule is COc1ccc(OC)c(-n2cnc(C)n2)c1. The summed E-state index contributed by atoms with van der Waals surface area (Å²) in [7, 11) is 3.24. The average molecular weight is 219 g/mol. The summed E-state index contributed by atoms with van der Waals surface area (Å²) < 4.78 is 12.1. The molecule has 0 N–H and O–H groups in total. The quantitative estimate of drug-likeness (QED) is 0.786. The molecule has 2 aromatic rings. The van der Waals surface area contributed by atoms with Gasteiger partial charge in [-0.2, -0.15) is 5.10 Å². The van der Waals surface area contributed by atoms with Gasteiger partial charge in [-0.1, -0.05) is 0 Å². The Kier molecular flexibility index (Phi) is 2.76. The lowest BCUT2D eigenvalue weighted by molar-refractivity contribution is 0.400. The Morgan fingerprint density at radius 2 is 2.00 bits per heavy atom.